The molecule has 0 amide bonds. The molecular formula is C10H10O3. The first kappa shape index (κ1) is 8.10. The summed E-state index contributed by atoms with van der Waals surface area (Å²) in [7, 11) is 0. The first-order valence-electron chi connectivity index (χ1n) is 4.19. The third-order valence-corrected chi connectivity index (χ3v) is 2.07. The molecule has 1 aromatic carbocycles. The standard InChI is InChI=1S/C10H10O3/c1-6-4-9(12)8-3-2-7(11)5-10(8)13-6/h2-3,5-6,11H,4H2,1H3. The van der Waals surface area contributed by atoms with Crippen LogP contribution in [0.3, 0.4) is 0 Å². The summed E-state index contributed by atoms with van der Waals surface area (Å²) >= 11 is 0. The normalized spacial score (nSPS) is 20.7. The number of hydrogen-bond acceptors (Lipinski definition) is 3. The van der Waals surface area contributed by atoms with Crippen molar-refractivity contribution in [1.82, 2.24) is 0 Å². The molecule has 13 heavy (non-hydrogen) atoms. The number of rotatable bonds is 0. The number of carbonyl (C=O) groups is 1. The van der Waals surface area contributed by atoms with E-state index in [1.807, 2.05) is 6.92 Å². The van der Waals surface area contributed by atoms with Crippen LogP contribution in [-0.2, 0) is 0 Å². The summed E-state index contributed by atoms with van der Waals surface area (Å²) in [6.45, 7) is 1.84. The van der Waals surface area contributed by atoms with Crippen LogP contribution in [0.2, 0.25) is 0 Å². The minimum atomic E-state index is -0.0956. The van der Waals surface area contributed by atoms with E-state index in [0.29, 0.717) is 17.7 Å². The van der Waals surface area contributed by atoms with Gasteiger partial charge in [0, 0.05) is 12.5 Å². The van der Waals surface area contributed by atoms with Gasteiger partial charge in [-0.3, -0.25) is 4.79 Å². The Labute approximate surface area is 76.0 Å². The summed E-state index contributed by atoms with van der Waals surface area (Å²) in [4.78, 5) is 11.4. The van der Waals surface area contributed by atoms with Crippen molar-refractivity contribution in [2.45, 2.75) is 19.4 Å². The van der Waals surface area contributed by atoms with E-state index in [0.717, 1.165) is 0 Å². The summed E-state index contributed by atoms with van der Waals surface area (Å²) in [5, 5.41) is 9.17. The average molecular weight is 178 g/mol. The first-order chi connectivity index (χ1) is 6.16. The summed E-state index contributed by atoms with van der Waals surface area (Å²) in [6, 6.07) is 4.57. The zero-order chi connectivity index (χ0) is 9.42. The largest absolute Gasteiger partial charge is 0.508 e. The Kier molecular flexibility index (Phi) is 1.72. The Morgan fingerprint density at radius 1 is 1.54 bits per heavy atom. The molecule has 0 aromatic heterocycles. The van der Waals surface area contributed by atoms with Gasteiger partial charge in [-0.15, -0.1) is 0 Å². The summed E-state index contributed by atoms with van der Waals surface area (Å²) < 4.78 is 5.40. The monoisotopic (exact) mass is 178 g/mol. The van der Waals surface area contributed by atoms with Crippen molar-refractivity contribution >= 4 is 5.78 Å². The average Bonchev–Trinajstić information content (AvgIpc) is 2.02. The molecule has 1 N–H and O–H groups in total. The number of aromatic hydroxyl groups is 1. The molecule has 0 spiro atoms. The minimum Gasteiger partial charge on any atom is -0.508 e. The van der Waals surface area contributed by atoms with Gasteiger partial charge in [-0.2, -0.15) is 0 Å². The predicted octanol–water partition coefficient (Wildman–Crippen LogP) is 1.75. The second kappa shape index (κ2) is 2.76. The molecular weight excluding hydrogens is 168 g/mol. The van der Waals surface area contributed by atoms with E-state index >= 15 is 0 Å². The lowest BCUT2D eigenvalue weighted by Gasteiger charge is -2.21. The smallest absolute Gasteiger partial charge is 0.170 e. The maximum Gasteiger partial charge on any atom is 0.170 e. The minimum absolute atomic E-state index is 0.0775. The molecule has 1 aliphatic rings. The fourth-order valence-corrected chi connectivity index (χ4v) is 1.47. The van der Waals surface area contributed by atoms with E-state index in [2.05, 4.69) is 0 Å². The first-order valence-corrected chi connectivity index (χ1v) is 4.19. The van der Waals surface area contributed by atoms with Crippen LogP contribution in [0.5, 0.6) is 11.5 Å². The van der Waals surface area contributed by atoms with Gasteiger partial charge in [-0.25, -0.2) is 0 Å². The Bertz CT molecular complexity index is 357. The van der Waals surface area contributed by atoms with Crippen LogP contribution in [0.15, 0.2) is 18.2 Å². The van der Waals surface area contributed by atoms with Crippen LogP contribution in [0.4, 0.5) is 0 Å². The Hall–Kier alpha value is -1.51. The number of phenols is 1. The Morgan fingerprint density at radius 2 is 2.31 bits per heavy atom. The second-order valence-electron chi connectivity index (χ2n) is 3.24. The number of Topliss-reactive ketones (excluding diaryl/α,β-unsaturated/α-hetero) is 1. The number of benzene rings is 1. The fourth-order valence-electron chi connectivity index (χ4n) is 1.47. The van der Waals surface area contributed by atoms with Crippen LogP contribution in [0.25, 0.3) is 0 Å². The molecule has 2 rings (SSSR count). The quantitative estimate of drug-likeness (QED) is 0.658. The van der Waals surface area contributed by atoms with E-state index in [-0.39, 0.29) is 17.6 Å². The van der Waals surface area contributed by atoms with E-state index in [1.165, 1.54) is 12.1 Å². The van der Waals surface area contributed by atoms with Gasteiger partial charge in [0.15, 0.2) is 5.78 Å². The molecule has 1 aromatic rings. The number of hydrogen-bond donors (Lipinski definition) is 1. The Morgan fingerprint density at radius 3 is 3.08 bits per heavy atom. The van der Waals surface area contributed by atoms with E-state index in [1.54, 1.807) is 6.07 Å². The van der Waals surface area contributed by atoms with Crippen LogP contribution in [-0.4, -0.2) is 17.0 Å². The number of phenolic OH excluding ortho intramolecular Hbond substituents is 1. The van der Waals surface area contributed by atoms with Crippen molar-refractivity contribution in [1.29, 1.82) is 0 Å². The highest BCUT2D eigenvalue weighted by atomic mass is 16.5. The molecule has 0 bridgehead atoms. The molecule has 0 aliphatic carbocycles. The lowest BCUT2D eigenvalue weighted by Crippen LogP contribution is -2.23. The fraction of sp³-hybridized carbons (Fsp3) is 0.300. The molecule has 0 saturated heterocycles. The van der Waals surface area contributed by atoms with Crippen molar-refractivity contribution < 1.29 is 14.6 Å². The van der Waals surface area contributed by atoms with Crippen molar-refractivity contribution in [2.24, 2.45) is 0 Å². The summed E-state index contributed by atoms with van der Waals surface area (Å²) in [5.41, 5.74) is 0.566. The van der Waals surface area contributed by atoms with Gasteiger partial charge >= 0.3 is 0 Å². The lowest BCUT2D eigenvalue weighted by atomic mass is 10.0. The topological polar surface area (TPSA) is 46.5 Å². The zero-order valence-corrected chi connectivity index (χ0v) is 7.28. The molecule has 0 fully saturated rings. The molecule has 3 nitrogen and oxygen atoms in total. The highest BCUT2D eigenvalue weighted by molar-refractivity contribution is 6.00. The van der Waals surface area contributed by atoms with Crippen molar-refractivity contribution in [3.8, 4) is 11.5 Å². The molecule has 68 valence electrons. The van der Waals surface area contributed by atoms with Gasteiger partial charge in [0.2, 0.25) is 0 Å². The number of ether oxygens (including phenoxy) is 1. The SMILES string of the molecule is CC1CC(=O)c2ccc(O)cc2O1. The van der Waals surface area contributed by atoms with Gasteiger partial charge in [0.05, 0.1) is 5.56 Å². The van der Waals surface area contributed by atoms with Crippen molar-refractivity contribution in [2.75, 3.05) is 0 Å². The highest BCUT2D eigenvalue weighted by Gasteiger charge is 2.23. The third kappa shape index (κ3) is 1.37. The molecule has 1 atom stereocenters. The Balaban J connectivity index is 2.49. The van der Waals surface area contributed by atoms with Gasteiger partial charge < -0.3 is 9.84 Å². The van der Waals surface area contributed by atoms with E-state index in [9.17, 15) is 4.79 Å². The van der Waals surface area contributed by atoms with Crippen LogP contribution in [0.1, 0.15) is 23.7 Å². The molecule has 1 heterocycles. The number of fused-ring (bicyclic) bond motifs is 1. The molecule has 0 saturated carbocycles. The number of ketones is 1. The van der Waals surface area contributed by atoms with Crippen molar-refractivity contribution in [3.63, 3.8) is 0 Å². The molecule has 1 aliphatic heterocycles. The van der Waals surface area contributed by atoms with Crippen LogP contribution >= 0.6 is 0 Å². The van der Waals surface area contributed by atoms with Crippen LogP contribution in [0, 0.1) is 0 Å². The van der Waals surface area contributed by atoms with Gasteiger partial charge in [0.1, 0.15) is 17.6 Å². The van der Waals surface area contributed by atoms with Gasteiger partial charge in [-0.1, -0.05) is 0 Å². The molecule has 3 heteroatoms. The van der Waals surface area contributed by atoms with Gasteiger partial charge in [-0.05, 0) is 19.1 Å². The van der Waals surface area contributed by atoms with Gasteiger partial charge in [0.25, 0.3) is 0 Å². The maximum absolute atomic E-state index is 11.4. The maximum atomic E-state index is 11.4. The lowest BCUT2D eigenvalue weighted by molar-refractivity contribution is 0.0870. The van der Waals surface area contributed by atoms with E-state index < -0.39 is 0 Å². The molecule has 1 unspecified atom stereocenters. The summed E-state index contributed by atoms with van der Waals surface area (Å²) in [6.07, 6.45) is 0.319. The summed E-state index contributed by atoms with van der Waals surface area (Å²) in [5.74, 6) is 0.693. The van der Waals surface area contributed by atoms with Crippen LogP contribution < -0.4 is 4.74 Å². The molecule has 0 radical (unpaired) electrons. The van der Waals surface area contributed by atoms with Crippen molar-refractivity contribution in [3.05, 3.63) is 23.8 Å². The highest BCUT2D eigenvalue weighted by Crippen LogP contribution is 2.30. The number of carbonyl (C=O) groups excluding carboxylic acids is 1. The van der Waals surface area contributed by atoms with E-state index in [4.69, 9.17) is 9.84 Å². The third-order valence-electron chi connectivity index (χ3n) is 2.07. The predicted molar refractivity (Wildman–Crippen MR) is 47.1 cm³/mol. The second-order valence-corrected chi connectivity index (χ2v) is 3.24. The zero-order valence-electron chi connectivity index (χ0n) is 7.28.